The van der Waals surface area contributed by atoms with Gasteiger partial charge in [-0.1, -0.05) is 6.42 Å². The Balaban J connectivity index is 2.20. The molecule has 0 aromatic carbocycles. The molecule has 0 aromatic rings. The van der Waals surface area contributed by atoms with Crippen molar-refractivity contribution in [3.8, 4) is 0 Å². The number of aliphatic hydroxyl groups is 1. The first-order chi connectivity index (χ1) is 7.56. The number of rotatable bonds is 5. The molecule has 1 heterocycles. The van der Waals surface area contributed by atoms with E-state index >= 15 is 0 Å². The van der Waals surface area contributed by atoms with Crippen LogP contribution >= 0.6 is 0 Å². The molecule has 0 radical (unpaired) electrons. The van der Waals surface area contributed by atoms with Crippen molar-refractivity contribution in [2.75, 3.05) is 26.9 Å². The van der Waals surface area contributed by atoms with Crippen molar-refractivity contribution in [2.45, 2.75) is 37.8 Å². The fourth-order valence-corrected chi connectivity index (χ4v) is 1.74. The standard InChI is InChI=1S/C11H21NO4/c1-11(14,10(13)15-2)8-16-7-9-5-3-4-6-12-9/h9,12,14H,3-8H2,1-2H3. The van der Waals surface area contributed by atoms with Crippen LogP contribution in [0, 0.1) is 0 Å². The molecule has 2 N–H and O–H groups in total. The molecular formula is C11H21NO4. The zero-order chi connectivity index (χ0) is 12.0. The molecule has 0 aromatic heterocycles. The van der Waals surface area contributed by atoms with Crippen LogP contribution in [0.5, 0.6) is 0 Å². The molecular weight excluding hydrogens is 210 g/mol. The smallest absolute Gasteiger partial charge is 0.339 e. The average Bonchev–Trinajstić information content (AvgIpc) is 2.29. The lowest BCUT2D eigenvalue weighted by atomic mass is 10.1. The van der Waals surface area contributed by atoms with Crippen LogP contribution in [-0.4, -0.2) is 49.6 Å². The molecule has 0 amide bonds. The van der Waals surface area contributed by atoms with Crippen LogP contribution in [0.4, 0.5) is 0 Å². The predicted molar refractivity (Wildman–Crippen MR) is 59.1 cm³/mol. The van der Waals surface area contributed by atoms with Gasteiger partial charge in [-0.05, 0) is 26.3 Å². The van der Waals surface area contributed by atoms with Crippen LogP contribution in [0.1, 0.15) is 26.2 Å². The molecule has 1 aliphatic heterocycles. The number of esters is 1. The van der Waals surface area contributed by atoms with Crippen molar-refractivity contribution in [3.05, 3.63) is 0 Å². The molecule has 1 fully saturated rings. The Morgan fingerprint density at radius 2 is 2.31 bits per heavy atom. The lowest BCUT2D eigenvalue weighted by molar-refractivity contribution is -0.166. The summed E-state index contributed by atoms with van der Waals surface area (Å²) >= 11 is 0. The summed E-state index contributed by atoms with van der Waals surface area (Å²) in [6.45, 7) is 2.90. The second kappa shape index (κ2) is 6.18. The summed E-state index contributed by atoms with van der Waals surface area (Å²) in [4.78, 5) is 11.1. The molecule has 1 rings (SSSR count). The summed E-state index contributed by atoms with van der Waals surface area (Å²) in [5, 5.41) is 13.0. The maximum atomic E-state index is 11.1. The molecule has 2 atom stereocenters. The highest BCUT2D eigenvalue weighted by Crippen LogP contribution is 2.10. The van der Waals surface area contributed by atoms with E-state index in [0.717, 1.165) is 13.0 Å². The average molecular weight is 231 g/mol. The number of methoxy groups -OCH3 is 1. The second-order valence-corrected chi connectivity index (χ2v) is 4.43. The van der Waals surface area contributed by atoms with Crippen LogP contribution in [0.15, 0.2) is 0 Å². The summed E-state index contributed by atoms with van der Waals surface area (Å²) in [5.41, 5.74) is -1.55. The van der Waals surface area contributed by atoms with E-state index in [1.54, 1.807) is 0 Å². The molecule has 0 saturated carbocycles. The van der Waals surface area contributed by atoms with Gasteiger partial charge in [-0.15, -0.1) is 0 Å². The zero-order valence-electron chi connectivity index (χ0n) is 9.99. The van der Waals surface area contributed by atoms with Gasteiger partial charge in [-0.25, -0.2) is 4.79 Å². The minimum absolute atomic E-state index is 0.0299. The first-order valence-corrected chi connectivity index (χ1v) is 5.68. The minimum atomic E-state index is -1.55. The number of nitrogens with one attached hydrogen (secondary N) is 1. The topological polar surface area (TPSA) is 67.8 Å². The van der Waals surface area contributed by atoms with E-state index in [-0.39, 0.29) is 6.61 Å². The van der Waals surface area contributed by atoms with Crippen molar-refractivity contribution in [1.29, 1.82) is 0 Å². The fourth-order valence-electron chi connectivity index (χ4n) is 1.74. The normalized spacial score (nSPS) is 24.8. The summed E-state index contributed by atoms with van der Waals surface area (Å²) < 4.78 is 9.82. The summed E-state index contributed by atoms with van der Waals surface area (Å²) in [6.07, 6.45) is 3.49. The molecule has 16 heavy (non-hydrogen) atoms. The van der Waals surface area contributed by atoms with Gasteiger partial charge in [-0.3, -0.25) is 0 Å². The van der Waals surface area contributed by atoms with Gasteiger partial charge in [0.15, 0.2) is 5.60 Å². The highest BCUT2D eigenvalue weighted by Gasteiger charge is 2.32. The van der Waals surface area contributed by atoms with Gasteiger partial charge < -0.3 is 19.9 Å². The lowest BCUT2D eigenvalue weighted by Gasteiger charge is -2.25. The minimum Gasteiger partial charge on any atom is -0.467 e. The highest BCUT2D eigenvalue weighted by molar-refractivity contribution is 5.78. The van der Waals surface area contributed by atoms with E-state index in [2.05, 4.69) is 10.1 Å². The largest absolute Gasteiger partial charge is 0.467 e. The Morgan fingerprint density at radius 1 is 1.56 bits per heavy atom. The number of carbonyl (C=O) groups excluding carboxylic acids is 1. The lowest BCUT2D eigenvalue weighted by Crippen LogP contribution is -2.43. The van der Waals surface area contributed by atoms with Crippen LogP contribution in [0.2, 0.25) is 0 Å². The van der Waals surface area contributed by atoms with Crippen LogP contribution in [0.3, 0.4) is 0 Å². The summed E-state index contributed by atoms with van der Waals surface area (Å²) in [6, 6.07) is 0.335. The van der Waals surface area contributed by atoms with Gasteiger partial charge in [0.1, 0.15) is 0 Å². The Morgan fingerprint density at radius 3 is 2.88 bits per heavy atom. The van der Waals surface area contributed by atoms with Crippen molar-refractivity contribution in [1.82, 2.24) is 5.32 Å². The molecule has 0 bridgehead atoms. The molecule has 94 valence electrons. The highest BCUT2D eigenvalue weighted by atomic mass is 16.6. The van der Waals surface area contributed by atoms with Crippen LogP contribution in [-0.2, 0) is 14.3 Å². The van der Waals surface area contributed by atoms with Crippen molar-refractivity contribution in [3.63, 3.8) is 0 Å². The molecule has 0 aliphatic carbocycles. The third-order valence-corrected chi connectivity index (χ3v) is 2.74. The number of carbonyl (C=O) groups is 1. The monoisotopic (exact) mass is 231 g/mol. The summed E-state index contributed by atoms with van der Waals surface area (Å²) in [5.74, 6) is -0.663. The Bertz CT molecular complexity index is 224. The number of ether oxygens (including phenoxy) is 2. The maximum absolute atomic E-state index is 11.1. The molecule has 1 saturated heterocycles. The van der Waals surface area contributed by atoms with Gasteiger partial charge in [0.05, 0.1) is 20.3 Å². The van der Waals surface area contributed by atoms with Crippen molar-refractivity contribution in [2.24, 2.45) is 0 Å². The van der Waals surface area contributed by atoms with E-state index in [1.807, 2.05) is 0 Å². The zero-order valence-corrected chi connectivity index (χ0v) is 9.99. The van der Waals surface area contributed by atoms with Crippen LogP contribution in [0.25, 0.3) is 0 Å². The van der Waals surface area contributed by atoms with Gasteiger partial charge in [0.25, 0.3) is 0 Å². The first-order valence-electron chi connectivity index (χ1n) is 5.68. The fraction of sp³-hybridized carbons (Fsp3) is 0.909. The molecule has 0 spiro atoms. The second-order valence-electron chi connectivity index (χ2n) is 4.43. The third kappa shape index (κ3) is 4.08. The van der Waals surface area contributed by atoms with E-state index < -0.39 is 11.6 Å². The van der Waals surface area contributed by atoms with E-state index in [1.165, 1.54) is 26.9 Å². The number of piperidine rings is 1. The Kier molecular flexibility index (Phi) is 5.18. The number of hydrogen-bond acceptors (Lipinski definition) is 5. The Labute approximate surface area is 96.1 Å². The first kappa shape index (κ1) is 13.4. The third-order valence-electron chi connectivity index (χ3n) is 2.74. The van der Waals surface area contributed by atoms with E-state index in [9.17, 15) is 9.90 Å². The van der Waals surface area contributed by atoms with Gasteiger partial charge in [0.2, 0.25) is 0 Å². The molecule has 5 heteroatoms. The van der Waals surface area contributed by atoms with E-state index in [4.69, 9.17) is 4.74 Å². The van der Waals surface area contributed by atoms with Crippen molar-refractivity contribution < 1.29 is 19.4 Å². The molecule has 1 aliphatic rings. The number of hydrogen-bond donors (Lipinski definition) is 2. The molecule has 5 nitrogen and oxygen atoms in total. The van der Waals surface area contributed by atoms with Gasteiger partial charge >= 0.3 is 5.97 Å². The SMILES string of the molecule is COC(=O)C(C)(O)COCC1CCCCN1. The predicted octanol–water partition coefficient (Wildman–Crippen LogP) is 0.0691. The van der Waals surface area contributed by atoms with Crippen LogP contribution < -0.4 is 5.32 Å². The molecule has 2 unspecified atom stereocenters. The Hall–Kier alpha value is -0.650. The quantitative estimate of drug-likeness (QED) is 0.655. The summed E-state index contributed by atoms with van der Waals surface area (Å²) in [7, 11) is 1.25. The van der Waals surface area contributed by atoms with Gasteiger partial charge in [-0.2, -0.15) is 0 Å². The van der Waals surface area contributed by atoms with Gasteiger partial charge in [0, 0.05) is 6.04 Å². The maximum Gasteiger partial charge on any atom is 0.339 e. The van der Waals surface area contributed by atoms with E-state index in [0.29, 0.717) is 12.6 Å². The van der Waals surface area contributed by atoms with Crippen molar-refractivity contribution >= 4 is 5.97 Å².